The standard InChI is InChI=1S/C13H17/c1-3-5-7-13-10-8-12(6-4-2)9-11-13/h3,5,8-11H,2,4,6-7H2,1H3/b5-3+. The topological polar surface area (TPSA) is 0 Å². The largest absolute Gasteiger partial charge is 0.0913 e. The first-order valence-electron chi connectivity index (χ1n) is 4.85. The lowest BCUT2D eigenvalue weighted by molar-refractivity contribution is 0.996. The van der Waals surface area contributed by atoms with E-state index in [2.05, 4.69) is 50.3 Å². The summed E-state index contributed by atoms with van der Waals surface area (Å²) in [4.78, 5) is 0. The van der Waals surface area contributed by atoms with E-state index in [4.69, 9.17) is 0 Å². The molecule has 0 amide bonds. The highest BCUT2D eigenvalue weighted by molar-refractivity contribution is 5.24. The second-order valence-corrected chi connectivity index (χ2v) is 3.19. The summed E-state index contributed by atoms with van der Waals surface area (Å²) >= 11 is 0. The van der Waals surface area contributed by atoms with Crippen LogP contribution in [-0.4, -0.2) is 0 Å². The van der Waals surface area contributed by atoms with E-state index >= 15 is 0 Å². The Morgan fingerprint density at radius 1 is 1.15 bits per heavy atom. The van der Waals surface area contributed by atoms with E-state index in [0.29, 0.717) is 0 Å². The molecule has 69 valence electrons. The monoisotopic (exact) mass is 173 g/mol. The van der Waals surface area contributed by atoms with Crippen LogP contribution in [0.2, 0.25) is 0 Å². The van der Waals surface area contributed by atoms with Gasteiger partial charge in [-0.1, -0.05) is 43.3 Å². The van der Waals surface area contributed by atoms with Gasteiger partial charge in [0.25, 0.3) is 0 Å². The van der Waals surface area contributed by atoms with Gasteiger partial charge in [0.1, 0.15) is 0 Å². The van der Waals surface area contributed by atoms with Crippen LogP contribution in [-0.2, 0) is 12.8 Å². The van der Waals surface area contributed by atoms with Gasteiger partial charge in [0.15, 0.2) is 0 Å². The number of allylic oxidation sites excluding steroid dienone is 2. The minimum absolute atomic E-state index is 0.980. The van der Waals surface area contributed by atoms with Crippen LogP contribution in [0.4, 0.5) is 0 Å². The highest BCUT2D eigenvalue weighted by Gasteiger charge is 1.91. The van der Waals surface area contributed by atoms with Crippen LogP contribution in [0.25, 0.3) is 0 Å². The third-order valence-electron chi connectivity index (χ3n) is 2.08. The summed E-state index contributed by atoms with van der Waals surface area (Å²) in [6.07, 6.45) is 7.37. The third-order valence-corrected chi connectivity index (χ3v) is 2.08. The first-order chi connectivity index (χ1) is 6.36. The molecule has 0 aliphatic rings. The Morgan fingerprint density at radius 2 is 1.77 bits per heavy atom. The Balaban J connectivity index is 2.58. The predicted molar refractivity (Wildman–Crippen MR) is 58.6 cm³/mol. The van der Waals surface area contributed by atoms with Crippen molar-refractivity contribution in [2.24, 2.45) is 0 Å². The second kappa shape index (κ2) is 5.58. The van der Waals surface area contributed by atoms with E-state index in [1.54, 1.807) is 0 Å². The van der Waals surface area contributed by atoms with Gasteiger partial charge < -0.3 is 0 Å². The Kier molecular flexibility index (Phi) is 4.31. The van der Waals surface area contributed by atoms with Crippen molar-refractivity contribution in [2.75, 3.05) is 0 Å². The van der Waals surface area contributed by atoms with E-state index in [9.17, 15) is 0 Å². The molecule has 1 rings (SSSR count). The molecule has 13 heavy (non-hydrogen) atoms. The van der Waals surface area contributed by atoms with Gasteiger partial charge in [0.2, 0.25) is 0 Å². The zero-order chi connectivity index (χ0) is 9.52. The fourth-order valence-corrected chi connectivity index (χ4v) is 1.30. The Hall–Kier alpha value is -1.04. The predicted octanol–water partition coefficient (Wildman–Crippen LogP) is 3.57. The van der Waals surface area contributed by atoms with Crippen molar-refractivity contribution in [2.45, 2.75) is 26.2 Å². The van der Waals surface area contributed by atoms with Crippen molar-refractivity contribution in [3.05, 3.63) is 54.5 Å². The number of hydrogen-bond acceptors (Lipinski definition) is 0. The van der Waals surface area contributed by atoms with Crippen molar-refractivity contribution < 1.29 is 0 Å². The van der Waals surface area contributed by atoms with E-state index in [1.807, 2.05) is 0 Å². The maximum atomic E-state index is 3.84. The summed E-state index contributed by atoms with van der Waals surface area (Å²) in [5, 5.41) is 0. The van der Waals surface area contributed by atoms with Crippen molar-refractivity contribution in [3.63, 3.8) is 0 Å². The van der Waals surface area contributed by atoms with Gasteiger partial charge in [-0.3, -0.25) is 0 Å². The summed E-state index contributed by atoms with van der Waals surface area (Å²) in [5.74, 6) is 0. The molecule has 0 bridgehead atoms. The maximum Gasteiger partial charge on any atom is -0.00976 e. The molecule has 0 aliphatic carbocycles. The van der Waals surface area contributed by atoms with Gasteiger partial charge in [-0.25, -0.2) is 0 Å². The number of hydrogen-bond donors (Lipinski definition) is 0. The summed E-state index contributed by atoms with van der Waals surface area (Å²) in [7, 11) is 0. The van der Waals surface area contributed by atoms with Crippen molar-refractivity contribution in [1.82, 2.24) is 0 Å². The van der Waals surface area contributed by atoms with Gasteiger partial charge in [-0.05, 0) is 37.3 Å². The summed E-state index contributed by atoms with van der Waals surface area (Å²) in [6.45, 7) is 5.89. The zero-order valence-electron chi connectivity index (χ0n) is 8.29. The molecule has 1 aromatic carbocycles. The molecule has 0 fully saturated rings. The summed E-state index contributed by atoms with van der Waals surface area (Å²) in [5.41, 5.74) is 2.77. The molecule has 0 aliphatic heterocycles. The maximum absolute atomic E-state index is 3.84. The minimum atomic E-state index is 0.980. The smallest absolute Gasteiger partial charge is 0.00976 e. The van der Waals surface area contributed by atoms with Crippen molar-refractivity contribution in [1.29, 1.82) is 0 Å². The highest BCUT2D eigenvalue weighted by Crippen LogP contribution is 2.07. The van der Waals surface area contributed by atoms with E-state index in [-0.39, 0.29) is 0 Å². The van der Waals surface area contributed by atoms with Crippen LogP contribution >= 0.6 is 0 Å². The third kappa shape index (κ3) is 3.45. The quantitative estimate of drug-likeness (QED) is 0.610. The van der Waals surface area contributed by atoms with Crippen LogP contribution in [0.15, 0.2) is 36.4 Å². The number of benzene rings is 1. The average molecular weight is 173 g/mol. The van der Waals surface area contributed by atoms with E-state index in [1.165, 1.54) is 11.1 Å². The first kappa shape index (κ1) is 10.0. The molecule has 0 saturated heterocycles. The van der Waals surface area contributed by atoms with Crippen LogP contribution < -0.4 is 0 Å². The van der Waals surface area contributed by atoms with Gasteiger partial charge in [-0.15, -0.1) is 0 Å². The molecular weight excluding hydrogens is 156 g/mol. The lowest BCUT2D eigenvalue weighted by Gasteiger charge is -2.00. The molecule has 0 N–H and O–H groups in total. The Labute approximate surface area is 81.3 Å². The fraction of sp³-hybridized carbons (Fsp3) is 0.308. The zero-order valence-corrected chi connectivity index (χ0v) is 8.29. The highest BCUT2D eigenvalue weighted by atomic mass is 14.0. The Morgan fingerprint density at radius 3 is 2.31 bits per heavy atom. The van der Waals surface area contributed by atoms with Crippen LogP contribution in [0.5, 0.6) is 0 Å². The number of rotatable bonds is 4. The van der Waals surface area contributed by atoms with Crippen molar-refractivity contribution in [3.8, 4) is 0 Å². The second-order valence-electron chi connectivity index (χ2n) is 3.19. The lowest BCUT2D eigenvalue weighted by Crippen LogP contribution is -1.85. The van der Waals surface area contributed by atoms with E-state index in [0.717, 1.165) is 19.3 Å². The molecule has 0 heterocycles. The average Bonchev–Trinajstić information content (AvgIpc) is 2.17. The molecule has 0 aromatic heterocycles. The van der Waals surface area contributed by atoms with Crippen LogP contribution in [0, 0.1) is 6.92 Å². The molecule has 0 saturated carbocycles. The Bertz CT molecular complexity index is 254. The van der Waals surface area contributed by atoms with Gasteiger partial charge >= 0.3 is 0 Å². The SMILES string of the molecule is [CH2]CCc1ccc(C/C=C/C)cc1. The molecule has 0 atom stereocenters. The molecule has 0 nitrogen and oxygen atoms in total. The fourth-order valence-electron chi connectivity index (χ4n) is 1.30. The summed E-state index contributed by atoms with van der Waals surface area (Å²) in [6, 6.07) is 8.80. The van der Waals surface area contributed by atoms with Gasteiger partial charge in [0.05, 0.1) is 0 Å². The lowest BCUT2D eigenvalue weighted by atomic mass is 10.1. The molecule has 0 heteroatoms. The molecule has 0 unspecified atom stereocenters. The molecular formula is C13H17. The van der Waals surface area contributed by atoms with Crippen molar-refractivity contribution >= 4 is 0 Å². The minimum Gasteiger partial charge on any atom is -0.0913 e. The van der Waals surface area contributed by atoms with Gasteiger partial charge in [0, 0.05) is 0 Å². The van der Waals surface area contributed by atoms with E-state index < -0.39 is 0 Å². The summed E-state index contributed by atoms with van der Waals surface area (Å²) < 4.78 is 0. The van der Waals surface area contributed by atoms with Crippen LogP contribution in [0.3, 0.4) is 0 Å². The van der Waals surface area contributed by atoms with Crippen LogP contribution in [0.1, 0.15) is 24.5 Å². The molecule has 0 spiro atoms. The normalized spacial score (nSPS) is 10.9. The molecule has 1 radical (unpaired) electrons. The number of aryl methyl sites for hydroxylation is 1. The van der Waals surface area contributed by atoms with Gasteiger partial charge in [-0.2, -0.15) is 0 Å². The first-order valence-corrected chi connectivity index (χ1v) is 4.85. The molecule has 1 aromatic rings.